The molecule has 2 unspecified atom stereocenters. The van der Waals surface area contributed by atoms with Crippen LogP contribution in [0.5, 0.6) is 0 Å². The maximum absolute atomic E-state index is 12.3. The Hall–Kier alpha value is -2.20. The van der Waals surface area contributed by atoms with Crippen molar-refractivity contribution < 1.29 is 49.1 Å². The largest absolute Gasteiger partial charge is 0.481 e. The number of ether oxygens (including phenoxy) is 2. The van der Waals surface area contributed by atoms with Crippen molar-refractivity contribution in [1.82, 2.24) is 0 Å². The standard InChI is InChI=1S/2C40H78O5/c1-3-5-7-9-11-13-15-17-19-21-23-25-27-29-31-33-35-40(39(44)45,37(41)38(42)43)36-34-32-30-28-26-24-22-20-18-16-14-12-10-8-6-4-2;1-3-5-7-9-11-13-15-17-19-21-23-25-27-29-31-33-35-44-39(42)37-38(41)40(43)45-36-34-32-30-28-26-24-22-20-18-16-14-12-10-8-6-4-2/h37,41H,3-36H2,1-2H3,(H,42,43)(H,44,45);38,41H,3-37H2,1-2H3. The first-order chi connectivity index (χ1) is 44.0. The van der Waals surface area contributed by atoms with E-state index in [4.69, 9.17) is 9.47 Å². The number of rotatable bonds is 74. The van der Waals surface area contributed by atoms with Crippen molar-refractivity contribution in [3.8, 4) is 0 Å². The van der Waals surface area contributed by atoms with Gasteiger partial charge in [-0.25, -0.2) is 9.59 Å². The van der Waals surface area contributed by atoms with E-state index < -0.39 is 41.5 Å². The van der Waals surface area contributed by atoms with Crippen molar-refractivity contribution in [1.29, 1.82) is 0 Å². The summed E-state index contributed by atoms with van der Waals surface area (Å²) in [5.74, 6) is -3.80. The first-order valence-corrected chi connectivity index (χ1v) is 40.2. The van der Waals surface area contributed by atoms with Gasteiger partial charge in [-0.15, -0.1) is 0 Å². The number of carboxylic acids is 2. The summed E-state index contributed by atoms with van der Waals surface area (Å²) in [6, 6.07) is 0. The van der Waals surface area contributed by atoms with Gasteiger partial charge in [0.2, 0.25) is 0 Å². The molecule has 0 saturated heterocycles. The number of carboxylic acid groups (broad SMARTS) is 2. The first-order valence-electron chi connectivity index (χ1n) is 40.2. The minimum absolute atomic E-state index is 0.243. The van der Waals surface area contributed by atoms with Gasteiger partial charge >= 0.3 is 23.9 Å². The van der Waals surface area contributed by atoms with Crippen LogP contribution in [0.2, 0.25) is 0 Å². The molecule has 0 radical (unpaired) electrons. The first kappa shape index (κ1) is 89.9. The fourth-order valence-electron chi connectivity index (χ4n) is 13.0. The molecule has 2 atom stereocenters. The number of carbonyl (C=O) groups is 4. The Morgan fingerprint density at radius 3 is 0.667 bits per heavy atom. The fraction of sp³-hybridized carbons (Fsp3) is 0.950. The second-order valence-corrected chi connectivity index (χ2v) is 28.0. The highest BCUT2D eigenvalue weighted by atomic mass is 16.6. The van der Waals surface area contributed by atoms with Crippen LogP contribution in [-0.2, 0) is 28.7 Å². The van der Waals surface area contributed by atoms with Crippen molar-refractivity contribution in [3.63, 3.8) is 0 Å². The van der Waals surface area contributed by atoms with Crippen LogP contribution in [0.4, 0.5) is 0 Å². The molecule has 0 fully saturated rings. The average Bonchev–Trinajstić information content (AvgIpc) is 0.997. The van der Waals surface area contributed by atoms with Crippen molar-refractivity contribution in [2.45, 2.75) is 470 Å². The van der Waals surface area contributed by atoms with Crippen LogP contribution in [0.1, 0.15) is 458 Å². The van der Waals surface area contributed by atoms with E-state index in [-0.39, 0.29) is 19.3 Å². The molecule has 0 amide bonds. The Morgan fingerprint density at radius 2 is 0.467 bits per heavy atom. The van der Waals surface area contributed by atoms with Gasteiger partial charge in [0.1, 0.15) is 5.41 Å². The van der Waals surface area contributed by atoms with E-state index in [2.05, 4.69) is 27.7 Å². The molecule has 0 saturated carbocycles. The lowest BCUT2D eigenvalue weighted by molar-refractivity contribution is -0.171. The lowest BCUT2D eigenvalue weighted by atomic mass is 9.73. The smallest absolute Gasteiger partial charge is 0.335 e. The second kappa shape index (κ2) is 74.2. The molecular formula is C80H156O10. The number of hydrogen-bond acceptors (Lipinski definition) is 8. The zero-order valence-electron chi connectivity index (χ0n) is 60.7. The zero-order chi connectivity index (χ0) is 66.2. The maximum atomic E-state index is 12.3. The monoisotopic (exact) mass is 1280 g/mol. The van der Waals surface area contributed by atoms with Gasteiger partial charge in [0, 0.05) is 0 Å². The minimum Gasteiger partial charge on any atom is -0.481 e. The molecule has 0 heterocycles. The van der Waals surface area contributed by atoms with Crippen LogP contribution < -0.4 is 0 Å². The molecule has 536 valence electrons. The number of unbranched alkanes of at least 4 members (excludes halogenated alkanes) is 60. The average molecular weight is 1280 g/mol. The molecule has 0 aromatic rings. The van der Waals surface area contributed by atoms with Crippen LogP contribution in [0.15, 0.2) is 0 Å². The second-order valence-electron chi connectivity index (χ2n) is 28.0. The summed E-state index contributed by atoms with van der Waals surface area (Å²) in [6.45, 7) is 9.74. The summed E-state index contributed by atoms with van der Waals surface area (Å²) < 4.78 is 10.4. The van der Waals surface area contributed by atoms with Crippen LogP contribution >= 0.6 is 0 Å². The Labute approximate surface area is 559 Å². The SMILES string of the molecule is CCCCCCCCCCCCCCCCCCC(CCCCCCCCCCCCCCCCCC)(C(=O)O)C(O)C(=O)O.CCCCCCCCCCCCCCCCCCOC(=O)CC(O)C(=O)OCCCCCCCCCCCCCCCCCC. The molecule has 90 heavy (non-hydrogen) atoms. The van der Waals surface area contributed by atoms with Gasteiger partial charge in [0.15, 0.2) is 12.2 Å². The molecule has 0 bridgehead atoms. The molecule has 0 spiro atoms. The Morgan fingerprint density at radius 1 is 0.278 bits per heavy atom. The predicted octanol–water partition coefficient (Wildman–Crippen LogP) is 25.2. The Balaban J connectivity index is 0. The van der Waals surface area contributed by atoms with E-state index in [9.17, 15) is 39.6 Å². The molecule has 4 N–H and O–H groups in total. The van der Waals surface area contributed by atoms with E-state index in [1.54, 1.807) is 0 Å². The molecule has 0 aliphatic carbocycles. The van der Waals surface area contributed by atoms with Crippen molar-refractivity contribution in [3.05, 3.63) is 0 Å². The van der Waals surface area contributed by atoms with Gasteiger partial charge in [-0.3, -0.25) is 9.59 Å². The summed E-state index contributed by atoms with van der Waals surface area (Å²) >= 11 is 0. The molecule has 0 aliphatic rings. The summed E-state index contributed by atoms with van der Waals surface area (Å²) in [4.78, 5) is 48.0. The van der Waals surface area contributed by atoms with Crippen LogP contribution in [0.25, 0.3) is 0 Å². The topological polar surface area (TPSA) is 168 Å². The molecule has 0 aliphatic heterocycles. The fourth-order valence-corrected chi connectivity index (χ4v) is 13.0. The molecule has 0 aromatic carbocycles. The van der Waals surface area contributed by atoms with E-state index in [0.717, 1.165) is 70.6 Å². The molecular weight excluding hydrogens is 1120 g/mol. The van der Waals surface area contributed by atoms with Gasteiger partial charge < -0.3 is 29.9 Å². The van der Waals surface area contributed by atoms with Gasteiger partial charge in [-0.2, -0.15) is 0 Å². The minimum atomic E-state index is -1.84. The van der Waals surface area contributed by atoms with Crippen LogP contribution in [0, 0.1) is 5.41 Å². The predicted molar refractivity (Wildman–Crippen MR) is 384 cm³/mol. The van der Waals surface area contributed by atoms with Gasteiger partial charge in [-0.1, -0.05) is 426 Å². The molecule has 0 aromatic heterocycles. The third kappa shape index (κ3) is 64.5. The highest BCUT2D eigenvalue weighted by Crippen LogP contribution is 2.37. The number of hydrogen-bond donors (Lipinski definition) is 4. The Kier molecular flexibility index (Phi) is 74.1. The Bertz CT molecular complexity index is 1430. The van der Waals surface area contributed by atoms with Gasteiger partial charge in [0.05, 0.1) is 19.6 Å². The number of aliphatic carboxylic acids is 2. The van der Waals surface area contributed by atoms with Crippen LogP contribution in [0.3, 0.4) is 0 Å². The number of aliphatic hydroxyl groups is 2. The van der Waals surface area contributed by atoms with Gasteiger partial charge in [-0.05, 0) is 25.7 Å². The number of aliphatic hydroxyl groups excluding tert-OH is 2. The van der Waals surface area contributed by atoms with E-state index in [0.29, 0.717) is 26.1 Å². The number of esters is 2. The third-order valence-electron chi connectivity index (χ3n) is 19.3. The zero-order valence-corrected chi connectivity index (χ0v) is 60.7. The summed E-state index contributed by atoms with van der Waals surface area (Å²) in [6.07, 6.45) is 78.3. The lowest BCUT2D eigenvalue weighted by Gasteiger charge is -2.32. The summed E-state index contributed by atoms with van der Waals surface area (Å²) in [5, 5.41) is 40.1. The number of carbonyl (C=O) groups excluding carboxylic acids is 2. The van der Waals surface area contributed by atoms with Crippen molar-refractivity contribution >= 4 is 23.9 Å². The van der Waals surface area contributed by atoms with Gasteiger partial charge in [0.25, 0.3) is 0 Å². The summed E-state index contributed by atoms with van der Waals surface area (Å²) in [7, 11) is 0. The quantitative estimate of drug-likeness (QED) is 0.0340. The highest BCUT2D eigenvalue weighted by molar-refractivity contribution is 5.85. The normalized spacial score (nSPS) is 12.2. The maximum Gasteiger partial charge on any atom is 0.335 e. The molecule has 10 heteroatoms. The van der Waals surface area contributed by atoms with E-state index in [1.165, 1.54) is 327 Å². The van der Waals surface area contributed by atoms with Crippen LogP contribution in [-0.4, -0.2) is 69.7 Å². The van der Waals surface area contributed by atoms with E-state index in [1.807, 2.05) is 0 Å². The summed E-state index contributed by atoms with van der Waals surface area (Å²) in [5.41, 5.74) is -1.57. The lowest BCUT2D eigenvalue weighted by Crippen LogP contribution is -2.47. The van der Waals surface area contributed by atoms with E-state index >= 15 is 0 Å². The van der Waals surface area contributed by atoms with Crippen molar-refractivity contribution in [2.75, 3.05) is 13.2 Å². The highest BCUT2D eigenvalue weighted by Gasteiger charge is 2.48. The third-order valence-corrected chi connectivity index (χ3v) is 19.3. The molecule has 10 nitrogen and oxygen atoms in total. The molecule has 0 rings (SSSR count). The van der Waals surface area contributed by atoms with Crippen molar-refractivity contribution in [2.24, 2.45) is 5.41 Å².